The van der Waals surface area contributed by atoms with Crippen molar-refractivity contribution >= 4 is 44.8 Å². The van der Waals surface area contributed by atoms with Gasteiger partial charge in [0.2, 0.25) is 21.8 Å². The van der Waals surface area contributed by atoms with E-state index in [1.807, 2.05) is 0 Å². The van der Waals surface area contributed by atoms with Gasteiger partial charge in [-0.05, 0) is 48.5 Å². The quantitative estimate of drug-likeness (QED) is 0.816. The molecule has 0 saturated carbocycles. The molecule has 3 amide bonds. The summed E-state index contributed by atoms with van der Waals surface area (Å²) in [6, 6.07) is 12.4. The highest BCUT2D eigenvalue weighted by Gasteiger charge is 2.41. The first-order valence-corrected chi connectivity index (χ1v) is 10.1. The predicted molar refractivity (Wildman–Crippen MR) is 106 cm³/mol. The molecule has 0 spiro atoms. The highest BCUT2D eigenvalue weighted by molar-refractivity contribution is 7.94. The maximum atomic E-state index is 12.4. The highest BCUT2D eigenvalue weighted by Crippen LogP contribution is 2.28. The van der Waals surface area contributed by atoms with Crippen LogP contribution in [0.3, 0.4) is 0 Å². The Morgan fingerprint density at radius 2 is 1.50 bits per heavy atom. The van der Waals surface area contributed by atoms with Crippen LogP contribution >= 0.6 is 0 Å². The monoisotopic (exact) mass is 401 g/mol. The molecule has 0 bridgehead atoms. The Morgan fingerprint density at radius 3 is 1.96 bits per heavy atom. The zero-order chi connectivity index (χ0) is 20.5. The Kier molecular flexibility index (Phi) is 5.19. The molecule has 28 heavy (non-hydrogen) atoms. The van der Waals surface area contributed by atoms with E-state index in [1.165, 1.54) is 31.2 Å². The zero-order valence-electron chi connectivity index (χ0n) is 15.3. The van der Waals surface area contributed by atoms with Crippen LogP contribution in [0.2, 0.25) is 0 Å². The number of carbonyl (C=O) groups excluding carboxylic acids is 3. The molecule has 9 heteroatoms. The van der Waals surface area contributed by atoms with E-state index in [1.54, 1.807) is 31.2 Å². The smallest absolute Gasteiger partial charge is 0.255 e. The second-order valence-corrected chi connectivity index (χ2v) is 8.40. The average molecular weight is 401 g/mol. The molecule has 146 valence electrons. The summed E-state index contributed by atoms with van der Waals surface area (Å²) in [5.41, 5.74) is 1.67. The lowest BCUT2D eigenvalue weighted by Crippen LogP contribution is -2.30. The molecule has 3 rings (SSSR count). The van der Waals surface area contributed by atoms with Crippen molar-refractivity contribution in [3.8, 4) is 0 Å². The van der Waals surface area contributed by atoms with Gasteiger partial charge in [0.25, 0.3) is 5.91 Å². The number of rotatable bonds is 4. The van der Waals surface area contributed by atoms with Gasteiger partial charge in [0.1, 0.15) is 0 Å². The Hall–Kier alpha value is -3.20. The van der Waals surface area contributed by atoms with Crippen LogP contribution in [0, 0.1) is 5.92 Å². The molecule has 1 heterocycles. The molecule has 1 aliphatic rings. The lowest BCUT2D eigenvalue weighted by Gasteiger charge is -2.15. The summed E-state index contributed by atoms with van der Waals surface area (Å²) in [7, 11) is -3.68. The third-order valence-corrected chi connectivity index (χ3v) is 6.06. The highest BCUT2D eigenvalue weighted by atomic mass is 32.2. The maximum Gasteiger partial charge on any atom is 0.255 e. The fourth-order valence-corrected chi connectivity index (χ4v) is 4.70. The Bertz CT molecular complexity index is 1030. The molecule has 2 N–H and O–H groups in total. The van der Waals surface area contributed by atoms with Crippen molar-refractivity contribution in [2.24, 2.45) is 5.92 Å². The molecule has 0 aromatic heterocycles. The van der Waals surface area contributed by atoms with Gasteiger partial charge < -0.3 is 10.6 Å². The number of amides is 3. The van der Waals surface area contributed by atoms with E-state index in [0.29, 0.717) is 16.9 Å². The van der Waals surface area contributed by atoms with Crippen LogP contribution in [0.15, 0.2) is 48.5 Å². The second-order valence-electron chi connectivity index (χ2n) is 6.54. The summed E-state index contributed by atoms with van der Waals surface area (Å²) in [5.74, 6) is -1.86. The van der Waals surface area contributed by atoms with Crippen LogP contribution in [0.1, 0.15) is 24.2 Å². The molecular weight excluding hydrogens is 382 g/mol. The fraction of sp³-hybridized carbons (Fsp3) is 0.211. The molecule has 1 saturated heterocycles. The normalized spacial score (nSPS) is 18.0. The average Bonchev–Trinajstić information content (AvgIpc) is 2.83. The van der Waals surface area contributed by atoms with Crippen LogP contribution in [-0.4, -0.2) is 31.9 Å². The van der Waals surface area contributed by atoms with E-state index in [4.69, 9.17) is 0 Å². The molecule has 8 nitrogen and oxygen atoms in total. The van der Waals surface area contributed by atoms with E-state index in [-0.39, 0.29) is 23.3 Å². The van der Waals surface area contributed by atoms with Crippen molar-refractivity contribution in [2.45, 2.75) is 13.8 Å². The van der Waals surface area contributed by atoms with Gasteiger partial charge in [0.15, 0.2) is 0 Å². The maximum absolute atomic E-state index is 12.4. The molecule has 2 aromatic carbocycles. The van der Waals surface area contributed by atoms with E-state index < -0.39 is 21.8 Å². The van der Waals surface area contributed by atoms with E-state index in [0.717, 1.165) is 4.31 Å². The number of hydrogen-bond acceptors (Lipinski definition) is 5. The number of nitrogens with one attached hydrogen (secondary N) is 2. The number of hydrogen-bond donors (Lipinski definition) is 2. The van der Waals surface area contributed by atoms with Crippen LogP contribution in [0.25, 0.3) is 0 Å². The van der Waals surface area contributed by atoms with E-state index in [9.17, 15) is 22.8 Å². The first-order valence-electron chi connectivity index (χ1n) is 8.53. The van der Waals surface area contributed by atoms with Gasteiger partial charge >= 0.3 is 0 Å². The lowest BCUT2D eigenvalue weighted by molar-refractivity contribution is -0.119. The van der Waals surface area contributed by atoms with Gasteiger partial charge in [-0.3, -0.25) is 14.4 Å². The summed E-state index contributed by atoms with van der Waals surface area (Å²) in [6.07, 6.45) is 0. The lowest BCUT2D eigenvalue weighted by atomic mass is 10.1. The van der Waals surface area contributed by atoms with Gasteiger partial charge in [0, 0.05) is 23.9 Å². The fourth-order valence-electron chi connectivity index (χ4n) is 2.88. The van der Waals surface area contributed by atoms with Gasteiger partial charge in [-0.15, -0.1) is 0 Å². The number of carbonyl (C=O) groups is 3. The summed E-state index contributed by atoms with van der Waals surface area (Å²) >= 11 is 0. The van der Waals surface area contributed by atoms with Crippen molar-refractivity contribution in [2.75, 3.05) is 20.7 Å². The van der Waals surface area contributed by atoms with Crippen molar-refractivity contribution in [3.05, 3.63) is 54.1 Å². The largest absolute Gasteiger partial charge is 0.326 e. The van der Waals surface area contributed by atoms with Gasteiger partial charge in [-0.25, -0.2) is 12.7 Å². The molecule has 1 fully saturated rings. The Labute approximate surface area is 162 Å². The molecule has 0 unspecified atom stereocenters. The third-order valence-electron chi connectivity index (χ3n) is 4.19. The Morgan fingerprint density at radius 1 is 0.964 bits per heavy atom. The number of anilines is 3. The van der Waals surface area contributed by atoms with Crippen molar-refractivity contribution in [3.63, 3.8) is 0 Å². The number of sulfonamides is 1. The van der Waals surface area contributed by atoms with Crippen LogP contribution in [0.4, 0.5) is 17.1 Å². The molecule has 1 atom stereocenters. The first-order chi connectivity index (χ1) is 13.2. The minimum absolute atomic E-state index is 0.190. The number of benzene rings is 2. The van der Waals surface area contributed by atoms with Crippen LogP contribution in [-0.2, 0) is 19.6 Å². The van der Waals surface area contributed by atoms with Gasteiger partial charge in [0.05, 0.1) is 17.4 Å². The van der Waals surface area contributed by atoms with Crippen molar-refractivity contribution in [1.29, 1.82) is 0 Å². The van der Waals surface area contributed by atoms with Crippen LogP contribution in [0.5, 0.6) is 0 Å². The van der Waals surface area contributed by atoms with Crippen molar-refractivity contribution in [1.82, 2.24) is 0 Å². The Balaban J connectivity index is 1.72. The standard InChI is InChI=1S/C19H19N3O5S/c1-12-11-28(26,27)22(19(12)25)17-9-3-14(4-10-17)18(24)21-16-7-5-15(6-8-16)20-13(2)23/h3-10,12H,11H2,1-2H3,(H,20,23)(H,21,24)/t12-/m0/s1. The SMILES string of the molecule is CC(=O)Nc1ccc(NC(=O)c2ccc(N3C(=O)[C@@H](C)CS3(=O)=O)cc2)cc1. The minimum Gasteiger partial charge on any atom is -0.326 e. The molecule has 1 aliphatic heterocycles. The summed E-state index contributed by atoms with van der Waals surface area (Å²) in [6.45, 7) is 2.97. The van der Waals surface area contributed by atoms with E-state index >= 15 is 0 Å². The number of nitrogens with zero attached hydrogens (tertiary/aromatic N) is 1. The van der Waals surface area contributed by atoms with Gasteiger partial charge in [-0.2, -0.15) is 0 Å². The zero-order valence-corrected chi connectivity index (χ0v) is 16.1. The second kappa shape index (κ2) is 7.43. The van der Waals surface area contributed by atoms with E-state index in [2.05, 4.69) is 10.6 Å². The molecular formula is C19H19N3O5S. The molecule has 0 aliphatic carbocycles. The summed E-state index contributed by atoms with van der Waals surface area (Å²) < 4.78 is 25.1. The van der Waals surface area contributed by atoms with Crippen LogP contribution < -0.4 is 14.9 Å². The third kappa shape index (κ3) is 4.04. The minimum atomic E-state index is -3.68. The summed E-state index contributed by atoms with van der Waals surface area (Å²) in [5, 5.41) is 5.34. The van der Waals surface area contributed by atoms with Crippen molar-refractivity contribution < 1.29 is 22.8 Å². The molecule has 0 radical (unpaired) electrons. The topological polar surface area (TPSA) is 113 Å². The van der Waals surface area contributed by atoms with Gasteiger partial charge in [-0.1, -0.05) is 6.92 Å². The predicted octanol–water partition coefficient (Wildman–Crippen LogP) is 2.21. The summed E-state index contributed by atoms with van der Waals surface area (Å²) in [4.78, 5) is 35.5. The first kappa shape index (κ1) is 19.6. The molecule has 2 aromatic rings.